The Balaban J connectivity index is 1.47. The molecule has 1 aliphatic heterocycles. The Hall–Kier alpha value is -2.82. The Labute approximate surface area is 154 Å². The predicted octanol–water partition coefficient (Wildman–Crippen LogP) is 2.94. The van der Waals surface area contributed by atoms with Crippen LogP contribution in [0.1, 0.15) is 25.3 Å². The van der Waals surface area contributed by atoms with Crippen molar-refractivity contribution in [2.75, 3.05) is 18.1 Å². The lowest BCUT2D eigenvalue weighted by Gasteiger charge is -2.29. The highest BCUT2D eigenvalue weighted by Crippen LogP contribution is 2.31. The number of nitrogens with zero attached hydrogens (tertiary/aromatic N) is 1. The fourth-order valence-electron chi connectivity index (χ4n) is 3.06. The third-order valence-corrected chi connectivity index (χ3v) is 4.49. The summed E-state index contributed by atoms with van der Waals surface area (Å²) in [5, 5.41) is 3.02. The number of carbonyl (C=O) groups is 2. The summed E-state index contributed by atoms with van der Waals surface area (Å²) in [4.78, 5) is 26.0. The van der Waals surface area contributed by atoms with E-state index >= 15 is 0 Å². The number of hydrogen-bond acceptors (Lipinski definition) is 3. The largest absolute Gasteiger partial charge is 0.482 e. The van der Waals surface area contributed by atoms with Gasteiger partial charge in [0.05, 0.1) is 5.69 Å². The van der Waals surface area contributed by atoms with Gasteiger partial charge >= 0.3 is 0 Å². The minimum Gasteiger partial charge on any atom is -0.482 e. The van der Waals surface area contributed by atoms with Crippen molar-refractivity contribution in [1.82, 2.24) is 5.32 Å². The fourth-order valence-corrected chi connectivity index (χ4v) is 3.06. The van der Waals surface area contributed by atoms with E-state index in [0.29, 0.717) is 12.3 Å². The fraction of sp³-hybridized carbons (Fsp3) is 0.333. The molecule has 1 unspecified atom stereocenters. The second-order valence-electron chi connectivity index (χ2n) is 6.54. The average Bonchev–Trinajstić information content (AvgIpc) is 2.66. The molecule has 5 heteroatoms. The molecule has 0 fully saturated rings. The molecule has 2 amide bonds. The standard InChI is InChI=1S/C21H24N2O3/c1-16(11-12-17-7-3-2-4-8-17)22-20(24)13-14-23-18-9-5-6-10-19(18)26-15-21(23)25/h2-10,16H,11-15H2,1H3,(H,22,24). The van der Waals surface area contributed by atoms with Gasteiger partial charge in [0.2, 0.25) is 5.91 Å². The van der Waals surface area contributed by atoms with E-state index in [1.807, 2.05) is 49.4 Å². The van der Waals surface area contributed by atoms with Crippen LogP contribution in [0.2, 0.25) is 0 Å². The molecule has 1 N–H and O–H groups in total. The Morgan fingerprint density at radius 3 is 2.69 bits per heavy atom. The van der Waals surface area contributed by atoms with Gasteiger partial charge in [0.25, 0.3) is 5.91 Å². The highest BCUT2D eigenvalue weighted by atomic mass is 16.5. The summed E-state index contributed by atoms with van der Waals surface area (Å²) >= 11 is 0. The molecule has 1 heterocycles. The number of carbonyl (C=O) groups excluding carboxylic acids is 2. The number of nitrogens with one attached hydrogen (secondary N) is 1. The molecule has 0 aromatic heterocycles. The number of anilines is 1. The Morgan fingerprint density at radius 1 is 1.15 bits per heavy atom. The molecule has 0 spiro atoms. The maximum atomic E-state index is 12.2. The van der Waals surface area contributed by atoms with Gasteiger partial charge in [-0.2, -0.15) is 0 Å². The van der Waals surface area contributed by atoms with Gasteiger partial charge in [-0.05, 0) is 37.5 Å². The number of hydrogen-bond donors (Lipinski definition) is 1. The SMILES string of the molecule is CC(CCc1ccccc1)NC(=O)CCN1C(=O)COc2ccccc21. The lowest BCUT2D eigenvalue weighted by Crippen LogP contribution is -2.42. The number of rotatable bonds is 7. The Bertz CT molecular complexity index is 761. The first kappa shape index (κ1) is 18.0. The summed E-state index contributed by atoms with van der Waals surface area (Å²) in [5.74, 6) is 0.527. The van der Waals surface area contributed by atoms with Crippen LogP contribution in [0.25, 0.3) is 0 Å². The summed E-state index contributed by atoms with van der Waals surface area (Å²) in [7, 11) is 0. The number of ether oxygens (including phenoxy) is 1. The Morgan fingerprint density at radius 2 is 1.88 bits per heavy atom. The first-order valence-corrected chi connectivity index (χ1v) is 8.99. The van der Waals surface area contributed by atoms with Crippen molar-refractivity contribution in [1.29, 1.82) is 0 Å². The molecular weight excluding hydrogens is 328 g/mol. The molecule has 2 aromatic rings. The normalized spacial score (nSPS) is 14.3. The summed E-state index contributed by atoms with van der Waals surface area (Å²) < 4.78 is 5.42. The van der Waals surface area contributed by atoms with Crippen LogP contribution in [0.4, 0.5) is 5.69 Å². The van der Waals surface area contributed by atoms with Crippen molar-refractivity contribution in [3.63, 3.8) is 0 Å². The molecule has 1 aliphatic rings. The number of benzene rings is 2. The monoisotopic (exact) mass is 352 g/mol. The molecule has 0 saturated carbocycles. The topological polar surface area (TPSA) is 58.6 Å². The Kier molecular flexibility index (Phi) is 5.89. The van der Waals surface area contributed by atoms with Crippen LogP contribution in [0.15, 0.2) is 54.6 Å². The summed E-state index contributed by atoms with van der Waals surface area (Å²) in [6.07, 6.45) is 2.09. The number of para-hydroxylation sites is 2. The van der Waals surface area contributed by atoms with Gasteiger partial charge in [-0.3, -0.25) is 9.59 Å². The third-order valence-electron chi connectivity index (χ3n) is 4.49. The first-order chi connectivity index (χ1) is 12.6. The van der Waals surface area contributed by atoms with Crippen molar-refractivity contribution < 1.29 is 14.3 Å². The van der Waals surface area contributed by atoms with E-state index in [-0.39, 0.29) is 30.9 Å². The molecule has 0 radical (unpaired) electrons. The van der Waals surface area contributed by atoms with Crippen LogP contribution in [0, 0.1) is 0 Å². The zero-order chi connectivity index (χ0) is 18.4. The molecule has 26 heavy (non-hydrogen) atoms. The van der Waals surface area contributed by atoms with Crippen molar-refractivity contribution in [3.8, 4) is 5.75 Å². The van der Waals surface area contributed by atoms with Crippen LogP contribution >= 0.6 is 0 Å². The third kappa shape index (κ3) is 4.63. The zero-order valence-electron chi connectivity index (χ0n) is 15.0. The van der Waals surface area contributed by atoms with E-state index in [0.717, 1.165) is 18.5 Å². The van der Waals surface area contributed by atoms with E-state index in [2.05, 4.69) is 17.4 Å². The molecule has 136 valence electrons. The highest BCUT2D eigenvalue weighted by Gasteiger charge is 2.25. The highest BCUT2D eigenvalue weighted by molar-refractivity contribution is 5.98. The van der Waals surface area contributed by atoms with Crippen molar-refractivity contribution in [3.05, 3.63) is 60.2 Å². The molecule has 1 atom stereocenters. The van der Waals surface area contributed by atoms with E-state index < -0.39 is 0 Å². The van der Waals surface area contributed by atoms with Crippen LogP contribution in [0.5, 0.6) is 5.75 Å². The van der Waals surface area contributed by atoms with Gasteiger partial charge in [-0.15, -0.1) is 0 Å². The molecule has 0 aliphatic carbocycles. The molecule has 0 bridgehead atoms. The maximum absolute atomic E-state index is 12.2. The lowest BCUT2D eigenvalue weighted by molar-refractivity contribution is -0.122. The summed E-state index contributed by atoms with van der Waals surface area (Å²) in [6.45, 7) is 2.39. The first-order valence-electron chi connectivity index (χ1n) is 8.99. The van der Waals surface area contributed by atoms with E-state index in [1.54, 1.807) is 4.90 Å². The molecule has 3 rings (SSSR count). The molecular formula is C21H24N2O3. The molecule has 2 aromatic carbocycles. The zero-order valence-corrected chi connectivity index (χ0v) is 15.0. The van der Waals surface area contributed by atoms with Gasteiger partial charge in [0.1, 0.15) is 5.75 Å². The predicted molar refractivity (Wildman–Crippen MR) is 101 cm³/mol. The molecule has 5 nitrogen and oxygen atoms in total. The molecule has 0 saturated heterocycles. The quantitative estimate of drug-likeness (QED) is 0.833. The van der Waals surface area contributed by atoms with E-state index in [4.69, 9.17) is 4.74 Å². The van der Waals surface area contributed by atoms with Gasteiger partial charge in [0, 0.05) is 19.0 Å². The van der Waals surface area contributed by atoms with Gasteiger partial charge in [-0.25, -0.2) is 0 Å². The minimum atomic E-state index is -0.117. The minimum absolute atomic E-state index is 0.0200. The van der Waals surface area contributed by atoms with Crippen LogP contribution in [0.3, 0.4) is 0 Å². The van der Waals surface area contributed by atoms with Crippen LogP contribution in [-0.2, 0) is 16.0 Å². The number of aryl methyl sites for hydroxylation is 1. The van der Waals surface area contributed by atoms with Crippen LogP contribution < -0.4 is 15.0 Å². The van der Waals surface area contributed by atoms with E-state index in [1.165, 1.54) is 5.56 Å². The van der Waals surface area contributed by atoms with Crippen LogP contribution in [-0.4, -0.2) is 31.0 Å². The van der Waals surface area contributed by atoms with Gasteiger partial charge < -0.3 is 15.0 Å². The van der Waals surface area contributed by atoms with Gasteiger partial charge in [-0.1, -0.05) is 42.5 Å². The number of fused-ring (bicyclic) bond motifs is 1. The second-order valence-corrected chi connectivity index (χ2v) is 6.54. The maximum Gasteiger partial charge on any atom is 0.265 e. The van der Waals surface area contributed by atoms with Crippen molar-refractivity contribution >= 4 is 17.5 Å². The lowest BCUT2D eigenvalue weighted by atomic mass is 10.1. The van der Waals surface area contributed by atoms with Crippen molar-refractivity contribution in [2.45, 2.75) is 32.2 Å². The van der Waals surface area contributed by atoms with Gasteiger partial charge in [0.15, 0.2) is 6.61 Å². The van der Waals surface area contributed by atoms with E-state index in [9.17, 15) is 9.59 Å². The second kappa shape index (κ2) is 8.52. The summed E-state index contributed by atoms with van der Waals surface area (Å²) in [6, 6.07) is 17.7. The number of amides is 2. The van der Waals surface area contributed by atoms with Crippen molar-refractivity contribution in [2.24, 2.45) is 0 Å². The summed E-state index contributed by atoms with van der Waals surface area (Å²) in [5.41, 5.74) is 2.00. The average molecular weight is 352 g/mol. The smallest absolute Gasteiger partial charge is 0.265 e.